The van der Waals surface area contributed by atoms with E-state index in [1.807, 2.05) is 6.08 Å². The number of benzene rings is 1. The molecule has 1 heterocycles. The molecular formula is C13H16N4O3. The summed E-state index contributed by atoms with van der Waals surface area (Å²) < 4.78 is 0. The highest BCUT2D eigenvalue weighted by atomic mass is 16.6. The molecule has 0 radical (unpaired) electrons. The Morgan fingerprint density at radius 2 is 2.30 bits per heavy atom. The quantitative estimate of drug-likeness (QED) is 0.326. The van der Waals surface area contributed by atoms with Crippen molar-refractivity contribution >= 4 is 17.3 Å². The number of anilines is 1. The summed E-state index contributed by atoms with van der Waals surface area (Å²) in [5, 5.41) is 16.7. The molecule has 0 spiro atoms. The second-order valence-electron chi connectivity index (χ2n) is 4.49. The van der Waals surface area contributed by atoms with Crippen LogP contribution in [0.4, 0.5) is 11.4 Å². The van der Waals surface area contributed by atoms with Gasteiger partial charge in [-0.3, -0.25) is 14.9 Å². The lowest BCUT2D eigenvalue weighted by molar-refractivity contribution is -0.383. The first-order chi connectivity index (χ1) is 9.59. The van der Waals surface area contributed by atoms with E-state index in [4.69, 9.17) is 5.73 Å². The van der Waals surface area contributed by atoms with Crippen molar-refractivity contribution in [1.82, 2.24) is 10.6 Å². The van der Waals surface area contributed by atoms with E-state index in [0.29, 0.717) is 6.54 Å². The van der Waals surface area contributed by atoms with Crippen LogP contribution >= 0.6 is 0 Å². The van der Waals surface area contributed by atoms with Gasteiger partial charge in [-0.15, -0.1) is 0 Å². The zero-order chi connectivity index (χ0) is 14.5. The van der Waals surface area contributed by atoms with Crippen molar-refractivity contribution in [3.8, 4) is 0 Å². The van der Waals surface area contributed by atoms with Gasteiger partial charge in [-0.05, 0) is 19.0 Å². The van der Waals surface area contributed by atoms with Gasteiger partial charge in [0.15, 0.2) is 0 Å². The number of carbonyl (C=O) groups is 1. The predicted octanol–water partition coefficient (Wildman–Crippen LogP) is 0.826. The van der Waals surface area contributed by atoms with Gasteiger partial charge in [0.2, 0.25) is 0 Å². The maximum absolute atomic E-state index is 12.0. The number of nitro groups is 1. The van der Waals surface area contributed by atoms with Crippen molar-refractivity contribution in [3.05, 3.63) is 45.5 Å². The van der Waals surface area contributed by atoms with Crippen LogP contribution in [-0.2, 0) is 0 Å². The summed E-state index contributed by atoms with van der Waals surface area (Å²) in [7, 11) is 0. The molecular weight excluding hydrogens is 260 g/mol. The molecule has 2 rings (SSSR count). The van der Waals surface area contributed by atoms with Crippen LogP contribution < -0.4 is 16.4 Å². The summed E-state index contributed by atoms with van der Waals surface area (Å²) in [5.74, 6) is -0.398. The zero-order valence-electron chi connectivity index (χ0n) is 10.9. The van der Waals surface area contributed by atoms with Crippen molar-refractivity contribution in [2.75, 3.05) is 25.4 Å². The lowest BCUT2D eigenvalue weighted by atomic mass is 10.1. The molecule has 1 aromatic carbocycles. The van der Waals surface area contributed by atoms with Crippen LogP contribution in [0.25, 0.3) is 0 Å². The molecule has 0 fully saturated rings. The Balaban J connectivity index is 2.07. The van der Waals surface area contributed by atoms with Crippen molar-refractivity contribution in [1.29, 1.82) is 0 Å². The molecule has 1 aliphatic rings. The summed E-state index contributed by atoms with van der Waals surface area (Å²) in [6.07, 6.45) is 2.91. The van der Waals surface area contributed by atoms with Crippen LogP contribution in [0.1, 0.15) is 16.8 Å². The van der Waals surface area contributed by atoms with Gasteiger partial charge in [0.1, 0.15) is 5.69 Å². The van der Waals surface area contributed by atoms with E-state index in [9.17, 15) is 14.9 Å². The Bertz CT molecular complexity index is 569. The maximum Gasteiger partial charge on any atom is 0.292 e. The number of nitro benzene ring substituents is 1. The monoisotopic (exact) mass is 276 g/mol. The average molecular weight is 276 g/mol. The fourth-order valence-corrected chi connectivity index (χ4v) is 2.03. The van der Waals surface area contributed by atoms with E-state index in [1.165, 1.54) is 18.2 Å². The number of carbonyl (C=O) groups excluding carboxylic acids is 1. The van der Waals surface area contributed by atoms with Gasteiger partial charge in [-0.25, -0.2) is 0 Å². The number of para-hydroxylation sites is 1. The summed E-state index contributed by atoms with van der Waals surface area (Å²) in [6.45, 7) is 2.12. The third kappa shape index (κ3) is 3.12. The molecule has 0 saturated carbocycles. The number of nitrogens with two attached hydrogens (primary N) is 1. The first kappa shape index (κ1) is 14.0. The fraction of sp³-hybridized carbons (Fsp3) is 0.308. The molecule has 1 amide bonds. The van der Waals surface area contributed by atoms with Gasteiger partial charge in [0, 0.05) is 19.2 Å². The highest BCUT2D eigenvalue weighted by Gasteiger charge is 2.18. The second-order valence-corrected chi connectivity index (χ2v) is 4.49. The normalized spacial score (nSPS) is 14.5. The number of nitrogen functional groups attached to an aromatic ring is 1. The lowest BCUT2D eigenvalue weighted by Gasteiger charge is -2.15. The molecule has 1 aromatic rings. The Labute approximate surface area is 116 Å². The largest absolute Gasteiger partial charge is 0.393 e. The van der Waals surface area contributed by atoms with Gasteiger partial charge >= 0.3 is 0 Å². The first-order valence-electron chi connectivity index (χ1n) is 6.29. The Morgan fingerprint density at radius 3 is 2.95 bits per heavy atom. The van der Waals surface area contributed by atoms with E-state index in [2.05, 4.69) is 10.6 Å². The number of hydrogen-bond donors (Lipinski definition) is 3. The molecule has 106 valence electrons. The Hall–Kier alpha value is -2.41. The van der Waals surface area contributed by atoms with Crippen LogP contribution in [0.3, 0.4) is 0 Å². The van der Waals surface area contributed by atoms with Crippen LogP contribution in [0.15, 0.2) is 29.8 Å². The lowest BCUT2D eigenvalue weighted by Crippen LogP contribution is -2.30. The molecule has 0 aromatic heterocycles. The van der Waals surface area contributed by atoms with E-state index in [0.717, 1.165) is 25.1 Å². The molecule has 1 aliphatic heterocycles. The number of hydrogen-bond acceptors (Lipinski definition) is 5. The van der Waals surface area contributed by atoms with Gasteiger partial charge < -0.3 is 16.4 Å². The summed E-state index contributed by atoms with van der Waals surface area (Å²) in [6, 6.07) is 4.21. The van der Waals surface area contributed by atoms with Crippen molar-refractivity contribution < 1.29 is 9.72 Å². The van der Waals surface area contributed by atoms with Crippen molar-refractivity contribution in [3.63, 3.8) is 0 Å². The van der Waals surface area contributed by atoms with Crippen LogP contribution in [-0.4, -0.2) is 30.5 Å². The van der Waals surface area contributed by atoms with Gasteiger partial charge in [0.25, 0.3) is 11.6 Å². The van der Waals surface area contributed by atoms with Gasteiger partial charge in [0.05, 0.1) is 10.5 Å². The van der Waals surface area contributed by atoms with Crippen molar-refractivity contribution in [2.45, 2.75) is 6.42 Å². The topological polar surface area (TPSA) is 110 Å². The minimum absolute atomic E-state index is 0.103. The molecule has 7 heteroatoms. The zero-order valence-corrected chi connectivity index (χ0v) is 10.9. The maximum atomic E-state index is 12.0. The highest BCUT2D eigenvalue weighted by molar-refractivity contribution is 6.01. The molecule has 0 aliphatic carbocycles. The van der Waals surface area contributed by atoms with E-state index in [1.54, 1.807) is 0 Å². The molecule has 0 bridgehead atoms. The van der Waals surface area contributed by atoms with E-state index < -0.39 is 10.8 Å². The fourth-order valence-electron chi connectivity index (χ4n) is 2.03. The van der Waals surface area contributed by atoms with Crippen LogP contribution in [0.2, 0.25) is 0 Å². The third-order valence-electron chi connectivity index (χ3n) is 3.16. The number of nitrogens with one attached hydrogen (secondary N) is 2. The van der Waals surface area contributed by atoms with Gasteiger partial charge in [-0.1, -0.05) is 17.7 Å². The van der Waals surface area contributed by atoms with Crippen LogP contribution in [0, 0.1) is 10.1 Å². The Morgan fingerprint density at radius 1 is 1.50 bits per heavy atom. The molecule has 0 atom stereocenters. The van der Waals surface area contributed by atoms with E-state index >= 15 is 0 Å². The summed E-state index contributed by atoms with van der Waals surface area (Å²) in [4.78, 5) is 22.2. The molecule has 0 unspecified atom stereocenters. The predicted molar refractivity (Wildman–Crippen MR) is 75.4 cm³/mol. The van der Waals surface area contributed by atoms with Crippen LogP contribution in [0.5, 0.6) is 0 Å². The van der Waals surface area contributed by atoms with Gasteiger partial charge in [-0.2, -0.15) is 0 Å². The summed E-state index contributed by atoms with van der Waals surface area (Å²) >= 11 is 0. The number of rotatable bonds is 4. The molecule has 7 nitrogen and oxygen atoms in total. The second kappa shape index (κ2) is 6.16. The van der Waals surface area contributed by atoms with E-state index in [-0.39, 0.29) is 16.9 Å². The minimum atomic E-state index is -0.596. The highest BCUT2D eigenvalue weighted by Crippen LogP contribution is 2.24. The minimum Gasteiger partial charge on any atom is -0.393 e. The molecule has 4 N–H and O–H groups in total. The van der Waals surface area contributed by atoms with Crippen molar-refractivity contribution in [2.24, 2.45) is 0 Å². The summed E-state index contributed by atoms with van der Waals surface area (Å²) in [5.41, 5.74) is 6.59. The SMILES string of the molecule is Nc1c(C(=O)NCC2=CCNCC2)cccc1[N+](=O)[O-]. The standard InChI is InChI=1S/C13H16N4O3/c14-12-10(2-1-3-11(12)17(19)20)13(18)16-8-9-4-6-15-7-5-9/h1-4,15H,5-8,14H2,(H,16,18). The first-order valence-corrected chi connectivity index (χ1v) is 6.29. The average Bonchev–Trinajstić information content (AvgIpc) is 2.46. The smallest absolute Gasteiger partial charge is 0.292 e. The number of nitrogens with zero attached hydrogens (tertiary/aromatic N) is 1. The number of amides is 1. The molecule has 0 saturated heterocycles. The Kier molecular flexibility index (Phi) is 4.31. The molecule has 20 heavy (non-hydrogen) atoms. The third-order valence-corrected chi connectivity index (χ3v) is 3.16.